The zero-order valence-electron chi connectivity index (χ0n) is 20.5. The van der Waals surface area contributed by atoms with Crippen molar-refractivity contribution in [3.8, 4) is 11.4 Å². The normalized spacial score (nSPS) is 10.9. The third-order valence-corrected chi connectivity index (χ3v) is 7.71. The Kier molecular flexibility index (Phi) is 8.73. The molecule has 10 heteroatoms. The van der Waals surface area contributed by atoms with Gasteiger partial charge in [-0.3, -0.25) is 4.79 Å². The maximum Gasteiger partial charge on any atom is 0.341 e. The Morgan fingerprint density at radius 3 is 2.41 bits per heavy atom. The van der Waals surface area contributed by atoms with Gasteiger partial charge in [-0.25, -0.2) is 4.79 Å². The van der Waals surface area contributed by atoms with Crippen molar-refractivity contribution in [1.29, 1.82) is 0 Å². The molecule has 8 nitrogen and oxygen atoms in total. The van der Waals surface area contributed by atoms with Crippen molar-refractivity contribution in [2.75, 3.05) is 36.2 Å². The molecule has 182 valence electrons. The molecule has 0 saturated heterocycles. The van der Waals surface area contributed by atoms with Crippen LogP contribution in [-0.2, 0) is 23.0 Å². The number of nitrogens with one attached hydrogen (secondary N) is 1. The Hall–Kier alpha value is -2.85. The highest BCUT2D eigenvalue weighted by Gasteiger charge is 2.23. The molecule has 0 saturated carbocycles. The molecule has 3 rings (SSSR count). The Labute approximate surface area is 208 Å². The second-order valence-electron chi connectivity index (χ2n) is 7.61. The molecule has 0 spiro atoms. The van der Waals surface area contributed by atoms with Crippen molar-refractivity contribution in [1.82, 2.24) is 14.8 Å². The number of esters is 1. The third-order valence-electron chi connectivity index (χ3n) is 5.63. The molecule has 0 aliphatic rings. The Balaban J connectivity index is 1.69. The fourth-order valence-electron chi connectivity index (χ4n) is 3.81. The molecule has 1 aromatic carbocycles. The molecular formula is C24H31N5O3S2. The monoisotopic (exact) mass is 501 g/mol. The molecular weight excluding hydrogens is 470 g/mol. The van der Waals surface area contributed by atoms with Gasteiger partial charge in [0.05, 0.1) is 18.4 Å². The van der Waals surface area contributed by atoms with Gasteiger partial charge in [0, 0.05) is 36.3 Å². The fourth-order valence-corrected chi connectivity index (χ4v) is 5.67. The first-order chi connectivity index (χ1) is 16.3. The topological polar surface area (TPSA) is 89.4 Å². The van der Waals surface area contributed by atoms with Crippen molar-refractivity contribution in [3.05, 3.63) is 40.3 Å². The van der Waals surface area contributed by atoms with Crippen LogP contribution in [0.25, 0.3) is 11.4 Å². The summed E-state index contributed by atoms with van der Waals surface area (Å²) in [4.78, 5) is 28.2. The van der Waals surface area contributed by atoms with E-state index in [9.17, 15) is 9.59 Å². The quantitative estimate of drug-likeness (QED) is 0.316. The summed E-state index contributed by atoms with van der Waals surface area (Å²) in [5, 5.41) is 12.6. The number of hydrogen-bond acceptors (Lipinski definition) is 8. The summed E-state index contributed by atoms with van der Waals surface area (Å²) in [6.45, 7) is 10.1. The number of benzene rings is 1. The first-order valence-corrected chi connectivity index (χ1v) is 13.0. The van der Waals surface area contributed by atoms with E-state index in [-0.39, 0.29) is 11.7 Å². The van der Waals surface area contributed by atoms with E-state index >= 15 is 0 Å². The van der Waals surface area contributed by atoms with E-state index in [1.54, 1.807) is 0 Å². The molecule has 0 unspecified atom stereocenters. The lowest BCUT2D eigenvalue weighted by Crippen LogP contribution is -2.21. The average Bonchev–Trinajstić information content (AvgIpc) is 3.36. The standard InChI is InChI=1S/C24H31N5O3S2/c1-7-18-15(4)34-22(20(18)23(31)32-6)25-19(30)14-33-24-27-26-21(28(24)5)16-10-12-17(13-11-16)29(8-2)9-3/h10-13H,7-9,14H2,1-6H3,(H,25,30). The van der Waals surface area contributed by atoms with Crippen molar-refractivity contribution in [2.24, 2.45) is 7.05 Å². The van der Waals surface area contributed by atoms with Crippen LogP contribution in [0.5, 0.6) is 0 Å². The van der Waals surface area contributed by atoms with E-state index in [0.29, 0.717) is 22.1 Å². The summed E-state index contributed by atoms with van der Waals surface area (Å²) in [5.41, 5.74) is 3.49. The molecule has 0 fully saturated rings. The van der Waals surface area contributed by atoms with Gasteiger partial charge in [-0.15, -0.1) is 21.5 Å². The highest BCUT2D eigenvalue weighted by atomic mass is 32.2. The minimum absolute atomic E-state index is 0.145. The predicted molar refractivity (Wildman–Crippen MR) is 139 cm³/mol. The van der Waals surface area contributed by atoms with Crippen LogP contribution in [0.15, 0.2) is 29.4 Å². The van der Waals surface area contributed by atoms with Gasteiger partial charge in [-0.1, -0.05) is 18.7 Å². The van der Waals surface area contributed by atoms with Crippen molar-refractivity contribution >= 4 is 45.7 Å². The molecule has 0 aliphatic carbocycles. The number of carbonyl (C=O) groups is 2. The minimum Gasteiger partial charge on any atom is -0.465 e. The summed E-state index contributed by atoms with van der Waals surface area (Å²) in [7, 11) is 3.23. The van der Waals surface area contributed by atoms with E-state index in [2.05, 4.69) is 46.4 Å². The Morgan fingerprint density at radius 1 is 1.15 bits per heavy atom. The van der Waals surface area contributed by atoms with E-state index in [0.717, 1.165) is 34.9 Å². The van der Waals surface area contributed by atoms with Crippen molar-refractivity contribution < 1.29 is 14.3 Å². The van der Waals surface area contributed by atoms with Crippen molar-refractivity contribution in [2.45, 2.75) is 39.3 Å². The predicted octanol–water partition coefficient (Wildman–Crippen LogP) is 4.78. The van der Waals surface area contributed by atoms with Crippen molar-refractivity contribution in [3.63, 3.8) is 0 Å². The van der Waals surface area contributed by atoms with Gasteiger partial charge >= 0.3 is 5.97 Å². The summed E-state index contributed by atoms with van der Waals surface area (Å²) in [6.07, 6.45) is 0.689. The zero-order chi connectivity index (χ0) is 24.8. The second kappa shape index (κ2) is 11.5. The number of aryl methyl sites for hydroxylation is 1. The number of hydrogen-bond donors (Lipinski definition) is 1. The number of thiophene rings is 1. The number of rotatable bonds is 10. The van der Waals surface area contributed by atoms with Crippen LogP contribution in [0.1, 0.15) is 41.6 Å². The molecule has 3 aromatic rings. The lowest BCUT2D eigenvalue weighted by Gasteiger charge is -2.21. The maximum absolute atomic E-state index is 12.7. The molecule has 2 aromatic heterocycles. The fraction of sp³-hybridized carbons (Fsp3) is 0.417. The van der Waals surface area contributed by atoms with Gasteiger partial charge < -0.3 is 19.5 Å². The molecule has 0 bridgehead atoms. The number of ether oxygens (including phenoxy) is 1. The van der Waals surface area contributed by atoms with Crippen LogP contribution in [0, 0.1) is 6.92 Å². The SMILES string of the molecule is CCc1c(C)sc(NC(=O)CSc2nnc(-c3ccc(N(CC)CC)cc3)n2C)c1C(=O)OC. The van der Waals surface area contributed by atoms with E-state index in [1.807, 2.05) is 37.6 Å². The zero-order valence-corrected chi connectivity index (χ0v) is 22.1. The van der Waals surface area contributed by atoms with Crippen LogP contribution in [-0.4, -0.2) is 52.6 Å². The van der Waals surface area contributed by atoms with Gasteiger partial charge in [0.2, 0.25) is 5.91 Å². The number of carbonyl (C=O) groups excluding carboxylic acids is 2. The highest BCUT2D eigenvalue weighted by Crippen LogP contribution is 2.34. The third kappa shape index (κ3) is 5.44. The highest BCUT2D eigenvalue weighted by molar-refractivity contribution is 7.99. The maximum atomic E-state index is 12.7. The second-order valence-corrected chi connectivity index (χ2v) is 9.77. The lowest BCUT2D eigenvalue weighted by molar-refractivity contribution is -0.113. The van der Waals surface area contributed by atoms with E-state index in [1.165, 1.54) is 35.9 Å². The van der Waals surface area contributed by atoms with Gasteiger partial charge in [-0.05, 0) is 57.0 Å². The van der Waals surface area contributed by atoms with Crippen LogP contribution >= 0.6 is 23.1 Å². The summed E-state index contributed by atoms with van der Waals surface area (Å²) in [6, 6.07) is 8.25. The number of anilines is 2. The molecule has 1 N–H and O–H groups in total. The lowest BCUT2D eigenvalue weighted by atomic mass is 10.1. The molecule has 2 heterocycles. The largest absolute Gasteiger partial charge is 0.465 e. The van der Waals surface area contributed by atoms with Gasteiger partial charge in [0.15, 0.2) is 11.0 Å². The molecule has 34 heavy (non-hydrogen) atoms. The Morgan fingerprint density at radius 2 is 1.82 bits per heavy atom. The van der Waals surface area contributed by atoms with E-state index < -0.39 is 5.97 Å². The number of methoxy groups -OCH3 is 1. The number of amides is 1. The average molecular weight is 502 g/mol. The van der Waals surface area contributed by atoms with Gasteiger partial charge in [0.25, 0.3) is 0 Å². The number of thioether (sulfide) groups is 1. The summed E-state index contributed by atoms with van der Waals surface area (Å²) < 4.78 is 6.81. The smallest absolute Gasteiger partial charge is 0.341 e. The van der Waals surface area contributed by atoms with Crippen LogP contribution in [0.3, 0.4) is 0 Å². The molecule has 1 amide bonds. The van der Waals surface area contributed by atoms with Crippen LogP contribution in [0.2, 0.25) is 0 Å². The first kappa shape index (κ1) is 25.8. The van der Waals surface area contributed by atoms with E-state index in [4.69, 9.17) is 4.74 Å². The minimum atomic E-state index is -0.436. The summed E-state index contributed by atoms with van der Waals surface area (Å²) >= 11 is 2.69. The van der Waals surface area contributed by atoms with Crippen LogP contribution < -0.4 is 10.2 Å². The van der Waals surface area contributed by atoms with Gasteiger partial charge in [0.1, 0.15) is 5.00 Å². The number of nitrogens with zero attached hydrogens (tertiary/aromatic N) is 4. The molecule has 0 atom stereocenters. The first-order valence-electron chi connectivity index (χ1n) is 11.2. The van der Waals surface area contributed by atoms with Gasteiger partial charge in [-0.2, -0.15) is 0 Å². The van der Waals surface area contributed by atoms with Crippen LogP contribution in [0.4, 0.5) is 10.7 Å². The number of aromatic nitrogens is 3. The summed E-state index contributed by atoms with van der Waals surface area (Å²) in [5.74, 6) is 0.232. The molecule has 0 radical (unpaired) electrons. The Bertz CT molecular complexity index is 1150. The molecule has 0 aliphatic heterocycles.